The average molecular weight is 538 g/mol. The Morgan fingerprint density at radius 3 is 2.39 bits per heavy atom. The van der Waals surface area contributed by atoms with E-state index in [2.05, 4.69) is 20.9 Å². The molecule has 0 saturated carbocycles. The van der Waals surface area contributed by atoms with Gasteiger partial charge in [-0.05, 0) is 64.2 Å². The van der Waals surface area contributed by atoms with Crippen molar-refractivity contribution in [3.63, 3.8) is 0 Å². The topological polar surface area (TPSA) is 135 Å². The number of alkyl carbamates (subject to hydrolysis) is 1. The van der Waals surface area contributed by atoms with Crippen LogP contribution in [-0.2, 0) is 22.5 Å². The number of carbonyl (C=O) groups excluding carboxylic acids is 2. The van der Waals surface area contributed by atoms with Gasteiger partial charge in [0, 0.05) is 13.1 Å². The van der Waals surface area contributed by atoms with E-state index in [0.29, 0.717) is 18.7 Å². The fourth-order valence-corrected chi connectivity index (χ4v) is 3.62. The molecular weight excluding hydrogens is 500 g/mol. The number of aryl methyl sites for hydroxylation is 2. The Balaban J connectivity index is 1.64. The van der Waals surface area contributed by atoms with Crippen molar-refractivity contribution in [1.29, 1.82) is 0 Å². The summed E-state index contributed by atoms with van der Waals surface area (Å²) in [4.78, 5) is 35.6. The quantitative estimate of drug-likeness (QED) is 0.289. The summed E-state index contributed by atoms with van der Waals surface area (Å²) in [5, 5.41) is 22.3. The smallest absolute Gasteiger partial charge is 0.407 e. The van der Waals surface area contributed by atoms with E-state index in [1.54, 1.807) is 0 Å². The minimum Gasteiger partial charge on any atom is -0.480 e. The van der Waals surface area contributed by atoms with E-state index in [-0.39, 0.29) is 18.5 Å². The summed E-state index contributed by atoms with van der Waals surface area (Å²) in [6.07, 6.45) is 6.92. The maximum absolute atomic E-state index is 13.4. The van der Waals surface area contributed by atoms with Crippen molar-refractivity contribution in [2.75, 3.05) is 6.54 Å². The lowest BCUT2D eigenvalue weighted by molar-refractivity contribution is -0.139. The average Bonchev–Trinajstić information content (AvgIpc) is 3.30. The fraction of sp³-hybridized carbons (Fsp3) is 0.577. The van der Waals surface area contributed by atoms with Gasteiger partial charge < -0.3 is 20.5 Å². The van der Waals surface area contributed by atoms with Crippen LogP contribution in [-0.4, -0.2) is 56.3 Å². The number of nitrogens with one attached hydrogen (secondary N) is 2. The number of rotatable bonds is 15. The van der Waals surface area contributed by atoms with E-state index < -0.39 is 41.2 Å². The van der Waals surface area contributed by atoms with Gasteiger partial charge in [0.25, 0.3) is 5.91 Å². The zero-order chi connectivity index (χ0) is 28.1. The molecule has 0 radical (unpaired) electrons. The second kappa shape index (κ2) is 15.0. The van der Waals surface area contributed by atoms with Gasteiger partial charge in [0.15, 0.2) is 17.3 Å². The minimum atomic E-state index is -1.24. The molecule has 10 nitrogen and oxygen atoms in total. The highest BCUT2D eigenvalue weighted by atomic mass is 19.2. The van der Waals surface area contributed by atoms with Crippen LogP contribution in [0.3, 0.4) is 0 Å². The van der Waals surface area contributed by atoms with Crippen molar-refractivity contribution in [2.24, 2.45) is 0 Å². The lowest BCUT2D eigenvalue weighted by atomic mass is 10.0. The molecule has 1 heterocycles. The van der Waals surface area contributed by atoms with Crippen LogP contribution in [0.1, 0.15) is 81.8 Å². The van der Waals surface area contributed by atoms with Crippen LogP contribution in [0, 0.1) is 11.6 Å². The summed E-state index contributed by atoms with van der Waals surface area (Å²) in [5.41, 5.74) is -0.0799. The number of nitrogens with zero attached hydrogens (tertiary/aromatic N) is 3. The van der Waals surface area contributed by atoms with Crippen molar-refractivity contribution in [2.45, 2.75) is 90.3 Å². The van der Waals surface area contributed by atoms with Crippen molar-refractivity contribution in [1.82, 2.24) is 25.6 Å². The van der Waals surface area contributed by atoms with Gasteiger partial charge in [0.1, 0.15) is 11.6 Å². The molecule has 38 heavy (non-hydrogen) atoms. The lowest BCUT2D eigenvalue weighted by Crippen LogP contribution is -2.41. The summed E-state index contributed by atoms with van der Waals surface area (Å²) < 4.78 is 33.1. The molecule has 1 atom stereocenters. The van der Waals surface area contributed by atoms with E-state index in [1.807, 2.05) is 20.8 Å². The molecule has 0 saturated heterocycles. The van der Waals surface area contributed by atoms with E-state index >= 15 is 0 Å². The Labute approximate surface area is 221 Å². The third kappa shape index (κ3) is 11.7. The molecule has 0 unspecified atom stereocenters. The SMILES string of the molecule is CC(C)(C)OC(=O)NCCCCCCCCn1cc(C(=O)N[C@@H](CCc2ccc(F)c(F)c2)C(=O)O)nn1. The Kier molecular flexibility index (Phi) is 12.1. The summed E-state index contributed by atoms with van der Waals surface area (Å²) in [6.45, 7) is 6.61. The standard InChI is InChI=1S/C26H37F2N5O5/c1-26(2,3)38-25(37)29-14-8-6-4-5-7-9-15-33-17-22(31-32-33)23(34)30-21(24(35)36)13-11-18-10-12-19(27)20(28)16-18/h10,12,16-17,21H,4-9,11,13-15H2,1-3H3,(H,29,37)(H,30,34)(H,35,36)/t21-/m0/s1. The van der Waals surface area contributed by atoms with Crippen LogP contribution < -0.4 is 10.6 Å². The molecule has 2 aromatic rings. The number of halogens is 2. The van der Waals surface area contributed by atoms with E-state index in [9.17, 15) is 28.3 Å². The normalized spacial score (nSPS) is 12.1. The first kappa shape index (κ1) is 30.7. The van der Waals surface area contributed by atoms with Crippen molar-refractivity contribution in [3.8, 4) is 0 Å². The minimum absolute atomic E-state index is 0.00145. The third-order valence-electron chi connectivity index (χ3n) is 5.56. The number of aromatic nitrogens is 3. The van der Waals surface area contributed by atoms with Gasteiger partial charge in [-0.15, -0.1) is 5.10 Å². The van der Waals surface area contributed by atoms with Gasteiger partial charge in [-0.25, -0.2) is 18.4 Å². The van der Waals surface area contributed by atoms with Crippen LogP contribution >= 0.6 is 0 Å². The lowest BCUT2D eigenvalue weighted by Gasteiger charge is -2.19. The summed E-state index contributed by atoms with van der Waals surface area (Å²) in [5.74, 6) is -3.91. The number of hydrogen-bond donors (Lipinski definition) is 3. The molecule has 0 aliphatic rings. The number of carboxylic acid groups (broad SMARTS) is 1. The van der Waals surface area contributed by atoms with Crippen LogP contribution in [0.15, 0.2) is 24.4 Å². The highest BCUT2D eigenvalue weighted by molar-refractivity contribution is 5.94. The first-order valence-corrected chi connectivity index (χ1v) is 12.8. The Morgan fingerprint density at radius 2 is 1.74 bits per heavy atom. The first-order chi connectivity index (χ1) is 17.9. The summed E-state index contributed by atoms with van der Waals surface area (Å²) in [6, 6.07) is 2.13. The number of amides is 2. The number of hydrogen-bond acceptors (Lipinski definition) is 6. The highest BCUT2D eigenvalue weighted by Gasteiger charge is 2.22. The van der Waals surface area contributed by atoms with Gasteiger partial charge in [-0.1, -0.05) is 37.0 Å². The molecule has 3 N–H and O–H groups in total. The van der Waals surface area contributed by atoms with Crippen LogP contribution in [0.25, 0.3) is 0 Å². The fourth-order valence-electron chi connectivity index (χ4n) is 3.62. The van der Waals surface area contributed by atoms with Crippen molar-refractivity contribution in [3.05, 3.63) is 47.3 Å². The van der Waals surface area contributed by atoms with Crippen molar-refractivity contribution < 1.29 is 33.0 Å². The number of carbonyl (C=O) groups is 3. The summed E-state index contributed by atoms with van der Waals surface area (Å²) >= 11 is 0. The van der Waals surface area contributed by atoms with Gasteiger partial charge in [-0.3, -0.25) is 9.48 Å². The molecule has 12 heteroatoms. The highest BCUT2D eigenvalue weighted by Crippen LogP contribution is 2.12. The van der Waals surface area contributed by atoms with Crippen molar-refractivity contribution >= 4 is 18.0 Å². The number of carboxylic acids is 1. The van der Waals surface area contributed by atoms with Gasteiger partial charge in [0.2, 0.25) is 0 Å². The largest absolute Gasteiger partial charge is 0.480 e. The summed E-state index contributed by atoms with van der Waals surface area (Å²) in [7, 11) is 0. The maximum Gasteiger partial charge on any atom is 0.407 e. The van der Waals surface area contributed by atoms with E-state index in [0.717, 1.165) is 50.7 Å². The number of unbranched alkanes of at least 4 members (excludes halogenated alkanes) is 5. The molecule has 0 aliphatic heterocycles. The molecule has 0 aliphatic carbocycles. The second-order valence-corrected chi connectivity index (χ2v) is 10.1. The Hall–Kier alpha value is -3.57. The molecule has 0 spiro atoms. The second-order valence-electron chi connectivity index (χ2n) is 10.1. The predicted octanol–water partition coefficient (Wildman–Crippen LogP) is 4.24. The molecule has 1 aromatic carbocycles. The number of aliphatic carboxylic acids is 1. The number of ether oxygens (including phenoxy) is 1. The zero-order valence-corrected chi connectivity index (χ0v) is 22.1. The van der Waals surface area contributed by atoms with Gasteiger partial charge in [-0.2, -0.15) is 0 Å². The molecule has 1 aromatic heterocycles. The van der Waals surface area contributed by atoms with Crippen LogP contribution in [0.2, 0.25) is 0 Å². The molecule has 0 bridgehead atoms. The van der Waals surface area contributed by atoms with Crippen LogP contribution in [0.4, 0.5) is 13.6 Å². The van der Waals surface area contributed by atoms with Gasteiger partial charge in [0.05, 0.1) is 6.20 Å². The van der Waals surface area contributed by atoms with E-state index in [4.69, 9.17) is 4.74 Å². The first-order valence-electron chi connectivity index (χ1n) is 12.8. The maximum atomic E-state index is 13.4. The predicted molar refractivity (Wildman–Crippen MR) is 136 cm³/mol. The zero-order valence-electron chi connectivity index (χ0n) is 22.1. The Bertz CT molecular complexity index is 1070. The molecular formula is C26H37F2N5O5. The molecule has 210 valence electrons. The monoisotopic (exact) mass is 537 g/mol. The Morgan fingerprint density at radius 1 is 1.05 bits per heavy atom. The third-order valence-corrected chi connectivity index (χ3v) is 5.56. The molecule has 0 fully saturated rings. The van der Waals surface area contributed by atoms with Gasteiger partial charge >= 0.3 is 12.1 Å². The molecule has 2 amide bonds. The van der Waals surface area contributed by atoms with E-state index in [1.165, 1.54) is 16.9 Å². The number of benzene rings is 1. The van der Waals surface area contributed by atoms with Crippen LogP contribution in [0.5, 0.6) is 0 Å². The molecule has 2 rings (SSSR count).